The van der Waals surface area contributed by atoms with E-state index in [4.69, 9.17) is 0 Å². The first-order valence-electron chi connectivity index (χ1n) is 8.17. The maximum Gasteiger partial charge on any atom is 0.247 e. The molecule has 0 spiro atoms. The molecule has 1 aromatic heterocycles. The Morgan fingerprint density at radius 3 is 2.71 bits per heavy atom. The average Bonchev–Trinajstić information content (AvgIpc) is 3.27. The lowest BCUT2D eigenvalue weighted by Crippen LogP contribution is -2.37. The number of carbonyl (C=O) groups excluding carboxylic acids is 1. The van der Waals surface area contributed by atoms with Gasteiger partial charge in [-0.3, -0.25) is 4.79 Å². The van der Waals surface area contributed by atoms with E-state index in [9.17, 15) is 4.79 Å². The molecule has 6 nitrogen and oxygen atoms in total. The van der Waals surface area contributed by atoms with Crippen molar-refractivity contribution in [1.29, 1.82) is 0 Å². The zero-order chi connectivity index (χ0) is 14.7. The van der Waals surface area contributed by atoms with Gasteiger partial charge in [0.2, 0.25) is 5.91 Å². The first kappa shape index (κ1) is 14.5. The van der Waals surface area contributed by atoms with Crippen LogP contribution in [0.3, 0.4) is 0 Å². The summed E-state index contributed by atoms with van der Waals surface area (Å²) in [7, 11) is 0. The standard InChI is InChI=1S/C15H25N5O/c1-12(15(21)19-8-4-2-3-5-9-19)20-11-14(17-18-20)10-16-13-6-7-13/h11-13,16H,2-10H2,1H3. The van der Waals surface area contributed by atoms with Gasteiger partial charge in [0.05, 0.1) is 11.9 Å². The summed E-state index contributed by atoms with van der Waals surface area (Å²) in [5, 5.41) is 11.7. The molecule has 0 radical (unpaired) electrons. The molecule has 0 aromatic carbocycles. The molecule has 2 heterocycles. The predicted octanol–water partition coefficient (Wildman–Crippen LogP) is 1.49. The lowest BCUT2D eigenvalue weighted by molar-refractivity contribution is -0.134. The number of carbonyl (C=O) groups is 1. The van der Waals surface area contributed by atoms with Gasteiger partial charge in [-0.1, -0.05) is 18.1 Å². The molecule has 1 aromatic rings. The molecule has 0 bridgehead atoms. The molecule has 1 aliphatic carbocycles. The van der Waals surface area contributed by atoms with Crippen molar-refractivity contribution in [3.63, 3.8) is 0 Å². The van der Waals surface area contributed by atoms with Gasteiger partial charge in [0, 0.05) is 25.7 Å². The smallest absolute Gasteiger partial charge is 0.247 e. The van der Waals surface area contributed by atoms with Gasteiger partial charge in [-0.25, -0.2) is 4.68 Å². The number of likely N-dealkylation sites (tertiary alicyclic amines) is 1. The third-order valence-electron chi connectivity index (χ3n) is 4.38. The number of hydrogen-bond donors (Lipinski definition) is 1. The van der Waals surface area contributed by atoms with Crippen LogP contribution in [-0.2, 0) is 11.3 Å². The van der Waals surface area contributed by atoms with Gasteiger partial charge in [0.25, 0.3) is 0 Å². The van der Waals surface area contributed by atoms with Gasteiger partial charge in [-0.05, 0) is 32.6 Å². The van der Waals surface area contributed by atoms with Crippen LogP contribution in [0.15, 0.2) is 6.20 Å². The van der Waals surface area contributed by atoms with Crippen molar-refractivity contribution in [3.8, 4) is 0 Å². The molecule has 1 atom stereocenters. The molecule has 1 amide bonds. The molecule has 1 saturated heterocycles. The number of amides is 1. The summed E-state index contributed by atoms with van der Waals surface area (Å²) in [6.45, 7) is 4.43. The molecule has 6 heteroatoms. The Bertz CT molecular complexity index is 474. The predicted molar refractivity (Wildman–Crippen MR) is 79.6 cm³/mol. The third kappa shape index (κ3) is 3.81. The molecule has 116 valence electrons. The van der Waals surface area contributed by atoms with Crippen molar-refractivity contribution in [2.24, 2.45) is 0 Å². The van der Waals surface area contributed by atoms with E-state index in [1.54, 1.807) is 4.68 Å². The Labute approximate surface area is 125 Å². The highest BCUT2D eigenvalue weighted by molar-refractivity contribution is 5.80. The molecule has 1 aliphatic heterocycles. The second-order valence-electron chi connectivity index (χ2n) is 6.26. The zero-order valence-electron chi connectivity index (χ0n) is 12.8. The first-order chi connectivity index (χ1) is 10.2. The summed E-state index contributed by atoms with van der Waals surface area (Å²) in [5.41, 5.74) is 0.914. The molecule has 1 N–H and O–H groups in total. The lowest BCUT2D eigenvalue weighted by Gasteiger charge is -2.23. The van der Waals surface area contributed by atoms with Crippen LogP contribution in [0.25, 0.3) is 0 Å². The fourth-order valence-electron chi connectivity index (χ4n) is 2.79. The van der Waals surface area contributed by atoms with Gasteiger partial charge in [0.15, 0.2) is 0 Å². The summed E-state index contributed by atoms with van der Waals surface area (Å²) in [6, 6.07) is 0.400. The van der Waals surface area contributed by atoms with Crippen LogP contribution >= 0.6 is 0 Å². The highest BCUT2D eigenvalue weighted by Gasteiger charge is 2.24. The van der Waals surface area contributed by atoms with E-state index in [1.165, 1.54) is 25.7 Å². The number of rotatable bonds is 5. The summed E-state index contributed by atoms with van der Waals surface area (Å²) >= 11 is 0. The lowest BCUT2D eigenvalue weighted by atomic mass is 10.2. The van der Waals surface area contributed by atoms with Gasteiger partial charge in [0.1, 0.15) is 6.04 Å². The second-order valence-corrected chi connectivity index (χ2v) is 6.26. The second kappa shape index (κ2) is 6.56. The number of hydrogen-bond acceptors (Lipinski definition) is 4. The maximum absolute atomic E-state index is 12.6. The van der Waals surface area contributed by atoms with Crippen molar-refractivity contribution in [2.75, 3.05) is 13.1 Å². The highest BCUT2D eigenvalue weighted by Crippen LogP contribution is 2.19. The van der Waals surface area contributed by atoms with Crippen molar-refractivity contribution in [2.45, 2.75) is 64.1 Å². The average molecular weight is 291 g/mol. The third-order valence-corrected chi connectivity index (χ3v) is 4.38. The van der Waals surface area contributed by atoms with E-state index in [2.05, 4.69) is 15.6 Å². The largest absolute Gasteiger partial charge is 0.341 e. The Morgan fingerprint density at radius 2 is 2.05 bits per heavy atom. The number of nitrogens with zero attached hydrogens (tertiary/aromatic N) is 4. The van der Waals surface area contributed by atoms with Crippen LogP contribution in [0.2, 0.25) is 0 Å². The minimum Gasteiger partial charge on any atom is -0.341 e. The van der Waals surface area contributed by atoms with Crippen molar-refractivity contribution in [3.05, 3.63) is 11.9 Å². The highest BCUT2D eigenvalue weighted by atomic mass is 16.2. The van der Waals surface area contributed by atoms with E-state index in [0.717, 1.165) is 38.2 Å². The molecular weight excluding hydrogens is 266 g/mol. The van der Waals surface area contributed by atoms with E-state index < -0.39 is 0 Å². The topological polar surface area (TPSA) is 63.1 Å². The SMILES string of the molecule is CC(C(=O)N1CCCCCC1)n1cc(CNC2CC2)nn1. The van der Waals surface area contributed by atoms with Crippen LogP contribution in [0.1, 0.15) is 57.2 Å². The Hall–Kier alpha value is -1.43. The Balaban J connectivity index is 1.57. The van der Waals surface area contributed by atoms with Crippen molar-refractivity contribution >= 4 is 5.91 Å². The number of nitrogens with one attached hydrogen (secondary N) is 1. The fraction of sp³-hybridized carbons (Fsp3) is 0.800. The molecule has 2 aliphatic rings. The monoisotopic (exact) mass is 291 g/mol. The quantitative estimate of drug-likeness (QED) is 0.893. The van der Waals surface area contributed by atoms with Gasteiger partial charge in [-0.2, -0.15) is 0 Å². The Morgan fingerprint density at radius 1 is 1.33 bits per heavy atom. The van der Waals surface area contributed by atoms with E-state index in [-0.39, 0.29) is 11.9 Å². The van der Waals surface area contributed by atoms with E-state index in [1.807, 2.05) is 18.0 Å². The number of aromatic nitrogens is 3. The van der Waals surface area contributed by atoms with Gasteiger partial charge in [-0.15, -0.1) is 5.10 Å². The molecule has 1 unspecified atom stereocenters. The van der Waals surface area contributed by atoms with E-state index in [0.29, 0.717) is 6.04 Å². The molecular formula is C15H25N5O. The normalized spacial score (nSPS) is 21.1. The van der Waals surface area contributed by atoms with Crippen LogP contribution in [-0.4, -0.2) is 44.9 Å². The van der Waals surface area contributed by atoms with Crippen molar-refractivity contribution in [1.82, 2.24) is 25.2 Å². The zero-order valence-corrected chi connectivity index (χ0v) is 12.8. The van der Waals surface area contributed by atoms with Gasteiger partial charge < -0.3 is 10.2 Å². The van der Waals surface area contributed by atoms with Crippen molar-refractivity contribution < 1.29 is 4.79 Å². The van der Waals surface area contributed by atoms with E-state index >= 15 is 0 Å². The van der Waals surface area contributed by atoms with Crippen LogP contribution in [0.4, 0.5) is 0 Å². The summed E-state index contributed by atoms with van der Waals surface area (Å²) in [4.78, 5) is 14.5. The van der Waals surface area contributed by atoms with Crippen LogP contribution in [0, 0.1) is 0 Å². The minimum absolute atomic E-state index is 0.170. The summed E-state index contributed by atoms with van der Waals surface area (Å²) in [5.74, 6) is 0.170. The van der Waals surface area contributed by atoms with Gasteiger partial charge >= 0.3 is 0 Å². The molecule has 3 rings (SSSR count). The summed E-state index contributed by atoms with van der Waals surface area (Å²) < 4.78 is 1.71. The first-order valence-corrected chi connectivity index (χ1v) is 8.17. The van der Waals surface area contributed by atoms with Crippen LogP contribution < -0.4 is 5.32 Å². The Kier molecular flexibility index (Phi) is 4.53. The molecule has 2 fully saturated rings. The fourth-order valence-corrected chi connectivity index (χ4v) is 2.79. The van der Waals surface area contributed by atoms with Crippen LogP contribution in [0.5, 0.6) is 0 Å². The molecule has 21 heavy (non-hydrogen) atoms. The minimum atomic E-state index is -0.259. The summed E-state index contributed by atoms with van der Waals surface area (Å²) in [6.07, 6.45) is 9.13. The maximum atomic E-state index is 12.6. The molecule has 1 saturated carbocycles.